The summed E-state index contributed by atoms with van der Waals surface area (Å²) in [6.45, 7) is 8.96. The first-order chi connectivity index (χ1) is 12.4. The Morgan fingerprint density at radius 3 is 2.46 bits per heavy atom. The second kappa shape index (κ2) is 7.74. The number of fused-ring (bicyclic) bond motifs is 3. The first-order valence-corrected chi connectivity index (χ1v) is 10.4. The topological polar surface area (TPSA) is 39.3 Å². The van der Waals surface area contributed by atoms with E-state index in [2.05, 4.69) is 68.9 Å². The third kappa shape index (κ3) is 3.44. The van der Waals surface area contributed by atoms with Gasteiger partial charge in [0.1, 0.15) is 0 Å². The van der Waals surface area contributed by atoms with Gasteiger partial charge in [-0.25, -0.2) is 0 Å². The fourth-order valence-electron chi connectivity index (χ4n) is 5.11. The van der Waals surface area contributed by atoms with E-state index in [1.807, 2.05) is 0 Å². The van der Waals surface area contributed by atoms with Crippen LogP contribution in [0, 0.1) is 5.92 Å². The van der Waals surface area contributed by atoms with E-state index in [1.165, 1.54) is 22.2 Å². The van der Waals surface area contributed by atoms with E-state index in [1.54, 1.807) is 0 Å². The summed E-state index contributed by atoms with van der Waals surface area (Å²) in [6, 6.07) is 9.17. The lowest BCUT2D eigenvalue weighted by atomic mass is 9.77. The highest BCUT2D eigenvalue weighted by molar-refractivity contribution is 5.85. The van der Waals surface area contributed by atoms with E-state index in [0.29, 0.717) is 12.0 Å². The molecule has 0 saturated heterocycles. The molecule has 2 N–H and O–H groups in total. The maximum atomic E-state index is 11.6. The highest BCUT2D eigenvalue weighted by atomic mass is 16.3. The van der Waals surface area contributed by atoms with Gasteiger partial charge in [0.2, 0.25) is 0 Å². The van der Waals surface area contributed by atoms with Crippen molar-refractivity contribution in [2.45, 2.75) is 83.9 Å². The van der Waals surface area contributed by atoms with Gasteiger partial charge in [-0.1, -0.05) is 58.7 Å². The van der Waals surface area contributed by atoms with Crippen molar-refractivity contribution in [3.05, 3.63) is 35.5 Å². The maximum absolute atomic E-state index is 11.6. The van der Waals surface area contributed by atoms with Crippen LogP contribution in [0.1, 0.15) is 77.1 Å². The fraction of sp³-hybridized carbons (Fsp3) is 0.652. The van der Waals surface area contributed by atoms with Crippen molar-refractivity contribution in [1.29, 1.82) is 0 Å². The normalized spacial score (nSPS) is 21.5. The molecule has 0 amide bonds. The highest BCUT2D eigenvalue weighted by Gasteiger charge is 2.44. The summed E-state index contributed by atoms with van der Waals surface area (Å²) < 4.78 is 0. The molecule has 1 aromatic heterocycles. The molecule has 1 aliphatic rings. The predicted octanol–water partition coefficient (Wildman–Crippen LogP) is 5.44. The van der Waals surface area contributed by atoms with Crippen LogP contribution in [0.3, 0.4) is 0 Å². The summed E-state index contributed by atoms with van der Waals surface area (Å²) in [7, 11) is 2.22. The van der Waals surface area contributed by atoms with Gasteiger partial charge in [-0.3, -0.25) is 4.90 Å². The number of nitrogens with zero attached hydrogens (tertiary/aromatic N) is 1. The summed E-state index contributed by atoms with van der Waals surface area (Å²) in [5.74, 6) is 0.617. The molecule has 0 aliphatic carbocycles. The Bertz CT molecular complexity index is 727. The first-order valence-electron chi connectivity index (χ1n) is 10.4. The zero-order valence-electron chi connectivity index (χ0n) is 17.2. The lowest BCUT2D eigenvalue weighted by molar-refractivity contribution is -0.0729. The summed E-state index contributed by atoms with van der Waals surface area (Å²) in [6.07, 6.45) is 5.85. The molecular weight excluding hydrogens is 320 g/mol. The molecule has 3 rings (SSSR count). The lowest BCUT2D eigenvalue weighted by Gasteiger charge is -2.48. The molecule has 2 atom stereocenters. The summed E-state index contributed by atoms with van der Waals surface area (Å²) in [4.78, 5) is 6.19. The molecule has 0 fully saturated rings. The quantitative estimate of drug-likeness (QED) is 0.693. The number of benzene rings is 1. The van der Waals surface area contributed by atoms with Crippen molar-refractivity contribution in [2.75, 3.05) is 7.05 Å². The van der Waals surface area contributed by atoms with Crippen LogP contribution < -0.4 is 0 Å². The van der Waals surface area contributed by atoms with E-state index in [-0.39, 0.29) is 6.04 Å². The number of para-hydroxylation sites is 1. The van der Waals surface area contributed by atoms with Gasteiger partial charge in [-0.15, -0.1) is 0 Å². The van der Waals surface area contributed by atoms with Crippen LogP contribution in [-0.2, 0) is 6.42 Å². The zero-order chi connectivity index (χ0) is 18.9. The third-order valence-corrected chi connectivity index (χ3v) is 6.24. The van der Waals surface area contributed by atoms with Gasteiger partial charge in [0.15, 0.2) is 0 Å². The average Bonchev–Trinajstić information content (AvgIpc) is 2.96. The monoisotopic (exact) mass is 356 g/mol. The number of aromatic nitrogens is 1. The third-order valence-electron chi connectivity index (χ3n) is 6.24. The van der Waals surface area contributed by atoms with Gasteiger partial charge in [-0.05, 0) is 50.3 Å². The van der Waals surface area contributed by atoms with Gasteiger partial charge < -0.3 is 10.1 Å². The molecule has 0 radical (unpaired) electrons. The molecule has 1 aromatic carbocycles. The number of nitrogens with one attached hydrogen (secondary N) is 1. The minimum Gasteiger partial charge on any atom is -0.388 e. The van der Waals surface area contributed by atoms with E-state index < -0.39 is 5.60 Å². The molecule has 3 heteroatoms. The Morgan fingerprint density at radius 1 is 1.19 bits per heavy atom. The molecule has 0 spiro atoms. The molecule has 2 aromatic rings. The van der Waals surface area contributed by atoms with Gasteiger partial charge in [0, 0.05) is 22.6 Å². The smallest absolute Gasteiger partial charge is 0.0805 e. The molecule has 0 bridgehead atoms. The van der Waals surface area contributed by atoms with Crippen molar-refractivity contribution in [1.82, 2.24) is 9.88 Å². The van der Waals surface area contributed by atoms with Gasteiger partial charge in [0.05, 0.1) is 11.6 Å². The standard InChI is InChI=1S/C23H36N2O/c1-6-12-23(26,13-7-2)21-15-18-17-10-8-9-11-19(17)24-22(18)20(25(21)5)14-16(3)4/h8-11,16,20-21,24,26H,6-7,12-15H2,1-5H3/t20-,21+/m1/s1. The SMILES string of the molecule is CCCC(O)(CCC)[C@@H]1Cc2c([nH]c3ccccc23)[C@@H](CC(C)C)N1C. The first kappa shape index (κ1) is 19.4. The van der Waals surface area contributed by atoms with Gasteiger partial charge in [0.25, 0.3) is 0 Å². The minimum atomic E-state index is -0.608. The van der Waals surface area contributed by atoms with Crippen LogP contribution in [0.2, 0.25) is 0 Å². The number of hydrogen-bond donors (Lipinski definition) is 2. The molecule has 26 heavy (non-hydrogen) atoms. The van der Waals surface area contributed by atoms with Crippen molar-refractivity contribution in [3.63, 3.8) is 0 Å². The maximum Gasteiger partial charge on any atom is 0.0805 e. The second-order valence-electron chi connectivity index (χ2n) is 8.70. The number of rotatable bonds is 7. The Labute approximate surface area is 158 Å². The van der Waals surface area contributed by atoms with E-state index in [9.17, 15) is 5.11 Å². The molecule has 0 unspecified atom stereocenters. The highest BCUT2D eigenvalue weighted by Crippen LogP contribution is 2.43. The largest absolute Gasteiger partial charge is 0.388 e. The number of H-pyrrole nitrogens is 1. The minimum absolute atomic E-state index is 0.179. The predicted molar refractivity (Wildman–Crippen MR) is 111 cm³/mol. The Kier molecular flexibility index (Phi) is 5.78. The Morgan fingerprint density at radius 2 is 1.85 bits per heavy atom. The van der Waals surface area contributed by atoms with Crippen molar-refractivity contribution < 1.29 is 5.11 Å². The van der Waals surface area contributed by atoms with E-state index in [4.69, 9.17) is 0 Å². The lowest BCUT2D eigenvalue weighted by Crippen LogP contribution is -2.55. The van der Waals surface area contributed by atoms with Crippen LogP contribution >= 0.6 is 0 Å². The van der Waals surface area contributed by atoms with E-state index >= 15 is 0 Å². The molecule has 144 valence electrons. The number of hydrogen-bond acceptors (Lipinski definition) is 2. The summed E-state index contributed by atoms with van der Waals surface area (Å²) >= 11 is 0. The van der Waals surface area contributed by atoms with Crippen molar-refractivity contribution in [3.8, 4) is 0 Å². The number of likely N-dealkylation sites (N-methyl/N-ethyl adjacent to an activating group) is 1. The Balaban J connectivity index is 2.09. The van der Waals surface area contributed by atoms with Crippen LogP contribution in [0.4, 0.5) is 0 Å². The zero-order valence-corrected chi connectivity index (χ0v) is 17.2. The van der Waals surface area contributed by atoms with E-state index in [0.717, 1.165) is 38.5 Å². The van der Waals surface area contributed by atoms with Crippen molar-refractivity contribution in [2.24, 2.45) is 5.92 Å². The summed E-state index contributed by atoms with van der Waals surface area (Å²) in [5.41, 5.74) is 3.42. The number of aromatic amines is 1. The van der Waals surface area contributed by atoms with Crippen LogP contribution in [0.25, 0.3) is 10.9 Å². The molecule has 3 nitrogen and oxygen atoms in total. The van der Waals surface area contributed by atoms with Crippen molar-refractivity contribution >= 4 is 10.9 Å². The number of aliphatic hydroxyl groups is 1. The molecule has 0 saturated carbocycles. The van der Waals surface area contributed by atoms with Crippen LogP contribution in [0.5, 0.6) is 0 Å². The van der Waals surface area contributed by atoms with Crippen LogP contribution in [0.15, 0.2) is 24.3 Å². The average molecular weight is 357 g/mol. The fourth-order valence-corrected chi connectivity index (χ4v) is 5.11. The Hall–Kier alpha value is -1.32. The summed E-state index contributed by atoms with van der Waals surface area (Å²) in [5, 5.41) is 13.0. The van der Waals surface area contributed by atoms with Gasteiger partial charge >= 0.3 is 0 Å². The molecule has 2 heterocycles. The second-order valence-corrected chi connectivity index (χ2v) is 8.70. The molecule has 1 aliphatic heterocycles. The molecular formula is C23H36N2O. The van der Waals surface area contributed by atoms with Gasteiger partial charge in [-0.2, -0.15) is 0 Å². The van der Waals surface area contributed by atoms with Crippen LogP contribution in [-0.4, -0.2) is 33.7 Å².